The van der Waals surface area contributed by atoms with E-state index in [0.29, 0.717) is 12.5 Å². The van der Waals surface area contributed by atoms with Crippen molar-refractivity contribution in [3.8, 4) is 6.07 Å². The van der Waals surface area contributed by atoms with Crippen LogP contribution in [0.3, 0.4) is 0 Å². The average molecular weight is 365 g/mol. The second kappa shape index (κ2) is 6.62. The van der Waals surface area contributed by atoms with Gasteiger partial charge < -0.3 is 9.84 Å². The molecule has 0 radical (unpaired) electrons. The van der Waals surface area contributed by atoms with Gasteiger partial charge in [0, 0.05) is 31.2 Å². The summed E-state index contributed by atoms with van der Waals surface area (Å²) >= 11 is 0. The number of sulfone groups is 1. The molecule has 0 bridgehead atoms. The number of rotatable bonds is 5. The van der Waals surface area contributed by atoms with Crippen molar-refractivity contribution in [2.75, 3.05) is 6.26 Å². The standard InChI is InChI=1S/C15H13N2O7S/c1-25(22,23)12-5-6-13(14(8-12)17(20)21)15(19,9-16)24-11-4-2-3-10(18)7-11/h5-8H,2-4H2,1H3/q-1. The number of benzene rings is 1. The Kier molecular flexibility index (Phi) is 4.92. The molecule has 0 fully saturated rings. The molecule has 1 aromatic carbocycles. The van der Waals surface area contributed by atoms with Gasteiger partial charge in [-0.2, -0.15) is 5.26 Å². The van der Waals surface area contributed by atoms with Crippen molar-refractivity contribution >= 4 is 21.3 Å². The Morgan fingerprint density at radius 1 is 1.36 bits per heavy atom. The number of carbonyl (C=O) groups is 1. The molecular weight excluding hydrogens is 352 g/mol. The van der Waals surface area contributed by atoms with Crippen molar-refractivity contribution < 1.29 is 28.0 Å². The highest BCUT2D eigenvalue weighted by atomic mass is 32.2. The van der Waals surface area contributed by atoms with Gasteiger partial charge in [-0.15, -0.1) is 0 Å². The zero-order valence-corrected chi connectivity index (χ0v) is 13.9. The lowest BCUT2D eigenvalue weighted by Crippen LogP contribution is -2.42. The topological polar surface area (TPSA) is 150 Å². The number of nitro groups is 1. The van der Waals surface area contributed by atoms with Crippen molar-refractivity contribution in [3.63, 3.8) is 0 Å². The fourth-order valence-corrected chi connectivity index (χ4v) is 2.98. The molecule has 0 amide bonds. The summed E-state index contributed by atoms with van der Waals surface area (Å²) in [5.41, 5.74) is -1.48. The summed E-state index contributed by atoms with van der Waals surface area (Å²) in [6.07, 6.45) is 2.90. The second-order valence-corrected chi connectivity index (χ2v) is 7.48. The number of ether oxygens (including phenoxy) is 1. The average Bonchev–Trinajstić information content (AvgIpc) is 2.53. The minimum absolute atomic E-state index is 0.0331. The van der Waals surface area contributed by atoms with Crippen LogP contribution in [-0.2, 0) is 25.2 Å². The summed E-state index contributed by atoms with van der Waals surface area (Å²) in [6, 6.07) is 3.91. The number of nitrogens with zero attached hydrogens (tertiary/aromatic N) is 2. The number of ketones is 1. The number of nitro benzene ring substituents is 1. The van der Waals surface area contributed by atoms with E-state index in [2.05, 4.69) is 0 Å². The van der Waals surface area contributed by atoms with Crippen molar-refractivity contribution in [2.24, 2.45) is 0 Å². The van der Waals surface area contributed by atoms with Crippen LogP contribution in [0.2, 0.25) is 0 Å². The Balaban J connectivity index is 2.54. The number of allylic oxidation sites excluding steroid dienone is 2. The molecular formula is C15H13N2O7S-. The van der Waals surface area contributed by atoms with Crippen LogP contribution in [-0.4, -0.2) is 25.4 Å². The zero-order valence-electron chi connectivity index (χ0n) is 13.1. The Morgan fingerprint density at radius 2 is 2.04 bits per heavy atom. The highest BCUT2D eigenvalue weighted by molar-refractivity contribution is 7.90. The van der Waals surface area contributed by atoms with Gasteiger partial charge in [-0.3, -0.25) is 14.9 Å². The largest absolute Gasteiger partial charge is 0.803 e. The van der Waals surface area contributed by atoms with Crippen LogP contribution >= 0.6 is 0 Å². The van der Waals surface area contributed by atoms with E-state index >= 15 is 0 Å². The first-order chi connectivity index (χ1) is 11.6. The van der Waals surface area contributed by atoms with Crippen molar-refractivity contribution in [3.05, 3.63) is 45.7 Å². The van der Waals surface area contributed by atoms with E-state index in [1.54, 1.807) is 0 Å². The summed E-state index contributed by atoms with van der Waals surface area (Å²) in [6.45, 7) is 0. The van der Waals surface area contributed by atoms with Crippen LogP contribution in [0.4, 0.5) is 5.69 Å². The minimum atomic E-state index is -3.75. The van der Waals surface area contributed by atoms with Crippen LogP contribution in [0.15, 0.2) is 34.9 Å². The number of hydrogen-bond acceptors (Lipinski definition) is 8. The quantitative estimate of drug-likeness (QED) is 0.420. The molecule has 0 saturated carbocycles. The lowest BCUT2D eigenvalue weighted by Gasteiger charge is -2.35. The molecule has 1 aliphatic rings. The molecule has 25 heavy (non-hydrogen) atoms. The third kappa shape index (κ3) is 4.01. The van der Waals surface area contributed by atoms with Gasteiger partial charge >= 0.3 is 0 Å². The van der Waals surface area contributed by atoms with Crippen molar-refractivity contribution in [2.45, 2.75) is 29.9 Å². The van der Waals surface area contributed by atoms with Gasteiger partial charge in [0.25, 0.3) is 5.69 Å². The molecule has 2 rings (SSSR count). The normalized spacial score (nSPS) is 17.2. The van der Waals surface area contributed by atoms with Crippen LogP contribution < -0.4 is 5.11 Å². The zero-order chi connectivity index (χ0) is 18.8. The Hall–Kier alpha value is -2.77. The summed E-state index contributed by atoms with van der Waals surface area (Å²) in [7, 11) is -3.75. The predicted octanol–water partition coefficient (Wildman–Crippen LogP) is 0.688. The molecule has 1 aliphatic carbocycles. The number of carbonyl (C=O) groups excluding carboxylic acids is 1. The van der Waals surface area contributed by atoms with Gasteiger partial charge in [0.15, 0.2) is 21.4 Å². The highest BCUT2D eigenvalue weighted by Gasteiger charge is 2.32. The molecule has 0 aromatic heterocycles. The number of hydrogen-bond donors (Lipinski definition) is 0. The Labute approximate surface area is 143 Å². The van der Waals surface area contributed by atoms with E-state index in [9.17, 15) is 33.7 Å². The molecule has 0 spiro atoms. The van der Waals surface area contributed by atoms with E-state index in [1.165, 1.54) is 6.07 Å². The highest BCUT2D eigenvalue weighted by Crippen LogP contribution is 2.33. The fourth-order valence-electron chi connectivity index (χ4n) is 2.34. The van der Waals surface area contributed by atoms with E-state index in [-0.39, 0.29) is 29.3 Å². The molecule has 1 aromatic rings. The smallest absolute Gasteiger partial charge is 0.277 e. The summed E-state index contributed by atoms with van der Waals surface area (Å²) in [4.78, 5) is 21.3. The molecule has 0 aliphatic heterocycles. The fraction of sp³-hybridized carbons (Fsp3) is 0.333. The van der Waals surface area contributed by atoms with Crippen molar-refractivity contribution in [1.29, 1.82) is 5.26 Å². The molecule has 10 heteroatoms. The molecule has 0 N–H and O–H groups in total. The molecule has 1 atom stereocenters. The minimum Gasteiger partial charge on any atom is -0.803 e. The SMILES string of the molecule is CS(=O)(=O)c1ccc(C([O-])(C#N)OC2=CC(=O)CCC2)c([N+](=O)[O-])c1. The van der Waals surface area contributed by atoms with Gasteiger partial charge in [0.05, 0.1) is 21.5 Å². The van der Waals surface area contributed by atoms with Gasteiger partial charge in [-0.05, 0) is 18.6 Å². The summed E-state index contributed by atoms with van der Waals surface area (Å²) < 4.78 is 28.2. The second-order valence-electron chi connectivity index (χ2n) is 5.47. The first kappa shape index (κ1) is 18.6. The van der Waals surface area contributed by atoms with Gasteiger partial charge in [0.1, 0.15) is 5.76 Å². The molecule has 9 nitrogen and oxygen atoms in total. The van der Waals surface area contributed by atoms with E-state index < -0.39 is 31.8 Å². The maximum atomic E-state index is 12.7. The van der Waals surface area contributed by atoms with Crippen LogP contribution in [0.25, 0.3) is 0 Å². The van der Waals surface area contributed by atoms with Gasteiger partial charge in [-0.25, -0.2) is 8.42 Å². The van der Waals surface area contributed by atoms with E-state index in [4.69, 9.17) is 4.74 Å². The number of nitriles is 1. The molecule has 0 heterocycles. The predicted molar refractivity (Wildman–Crippen MR) is 81.5 cm³/mol. The van der Waals surface area contributed by atoms with Crippen LogP contribution in [0, 0.1) is 21.4 Å². The van der Waals surface area contributed by atoms with Gasteiger partial charge in [-0.1, -0.05) is 0 Å². The first-order valence-electron chi connectivity index (χ1n) is 7.10. The third-order valence-corrected chi connectivity index (χ3v) is 4.65. The lowest BCUT2D eigenvalue weighted by molar-refractivity contribution is -0.538. The maximum Gasteiger partial charge on any atom is 0.277 e. The maximum absolute atomic E-state index is 12.7. The summed E-state index contributed by atoms with van der Waals surface area (Å²) in [5, 5.41) is 33.2. The van der Waals surface area contributed by atoms with Crippen molar-refractivity contribution in [1.82, 2.24) is 0 Å². The van der Waals surface area contributed by atoms with E-state index in [1.807, 2.05) is 0 Å². The molecule has 1 unspecified atom stereocenters. The monoisotopic (exact) mass is 365 g/mol. The first-order valence-corrected chi connectivity index (χ1v) is 8.99. The Morgan fingerprint density at radius 3 is 2.56 bits per heavy atom. The van der Waals surface area contributed by atoms with Crippen LogP contribution in [0.1, 0.15) is 24.8 Å². The molecule has 132 valence electrons. The lowest BCUT2D eigenvalue weighted by atomic mass is 10.0. The van der Waals surface area contributed by atoms with Crippen LogP contribution in [0.5, 0.6) is 0 Å². The Bertz CT molecular complexity index is 914. The summed E-state index contributed by atoms with van der Waals surface area (Å²) in [5.74, 6) is -3.29. The van der Waals surface area contributed by atoms with Gasteiger partial charge in [0.2, 0.25) is 0 Å². The van der Waals surface area contributed by atoms with E-state index in [0.717, 1.165) is 24.5 Å². The molecule has 0 saturated heterocycles. The third-order valence-electron chi connectivity index (χ3n) is 3.54.